The molecule has 2 heterocycles. The molecule has 1 unspecified atom stereocenters. The summed E-state index contributed by atoms with van der Waals surface area (Å²) < 4.78 is 0. The fraction of sp³-hybridized carbons (Fsp3) is 0.500. The second kappa shape index (κ2) is 6.34. The van der Waals surface area contributed by atoms with Gasteiger partial charge in [-0.2, -0.15) is 20.7 Å². The van der Waals surface area contributed by atoms with Crippen molar-refractivity contribution in [3.63, 3.8) is 0 Å². The van der Waals surface area contributed by atoms with Crippen molar-refractivity contribution in [3.05, 3.63) is 47.3 Å². The number of H-pyrrole nitrogens is 1. The standard InChI is InChI=1S/C18H23N5O/c1-17(2,12-19)15-7-4-3-6-14(15)11-23-9-5-8-18(24,13-23)16-10-20-22-21-16/h3-4,6-7,10,24H,5,8-9,11,13H2,1-2H3,(H,20,21,22). The minimum absolute atomic E-state index is 0.515. The van der Waals surface area contributed by atoms with E-state index in [1.54, 1.807) is 6.20 Å². The third-order valence-corrected chi connectivity index (χ3v) is 4.81. The van der Waals surface area contributed by atoms with Crippen LogP contribution in [0, 0.1) is 11.3 Å². The number of aromatic nitrogens is 3. The number of nitrogens with one attached hydrogen (secondary N) is 1. The van der Waals surface area contributed by atoms with E-state index in [9.17, 15) is 10.4 Å². The van der Waals surface area contributed by atoms with E-state index >= 15 is 0 Å². The van der Waals surface area contributed by atoms with Gasteiger partial charge in [0.2, 0.25) is 0 Å². The molecule has 6 heteroatoms. The van der Waals surface area contributed by atoms with E-state index in [0.29, 0.717) is 25.2 Å². The monoisotopic (exact) mass is 325 g/mol. The molecule has 0 bridgehead atoms. The molecule has 2 N–H and O–H groups in total. The number of piperidine rings is 1. The summed E-state index contributed by atoms with van der Waals surface area (Å²) in [6.45, 7) is 6.02. The molecular formula is C18H23N5O. The molecule has 2 aromatic rings. The Morgan fingerprint density at radius 2 is 2.21 bits per heavy atom. The number of hydrogen-bond acceptors (Lipinski definition) is 5. The molecule has 3 rings (SSSR count). The van der Waals surface area contributed by atoms with Crippen LogP contribution in [0.25, 0.3) is 0 Å². The van der Waals surface area contributed by atoms with Crippen molar-refractivity contribution in [2.75, 3.05) is 13.1 Å². The van der Waals surface area contributed by atoms with Crippen LogP contribution < -0.4 is 0 Å². The number of β-amino-alcohol motifs (C(OH)–C–C–N with tert-alkyl or cyclic N) is 1. The number of likely N-dealkylation sites (tertiary alicyclic amines) is 1. The topological polar surface area (TPSA) is 88.8 Å². The van der Waals surface area contributed by atoms with Gasteiger partial charge in [-0.25, -0.2) is 0 Å². The predicted molar refractivity (Wildman–Crippen MR) is 89.9 cm³/mol. The SMILES string of the molecule is CC(C)(C#N)c1ccccc1CN1CCCC(O)(c2cn[nH]n2)C1. The Balaban J connectivity index is 1.81. The molecule has 0 spiro atoms. The number of nitrogens with zero attached hydrogens (tertiary/aromatic N) is 4. The Bertz CT molecular complexity index is 734. The van der Waals surface area contributed by atoms with Crippen LogP contribution in [0.4, 0.5) is 0 Å². The maximum atomic E-state index is 10.9. The van der Waals surface area contributed by atoms with Crippen LogP contribution in [-0.4, -0.2) is 38.5 Å². The summed E-state index contributed by atoms with van der Waals surface area (Å²) in [4.78, 5) is 2.23. The third kappa shape index (κ3) is 3.18. The van der Waals surface area contributed by atoms with Gasteiger partial charge < -0.3 is 5.11 Å². The smallest absolute Gasteiger partial charge is 0.123 e. The first-order chi connectivity index (χ1) is 11.4. The predicted octanol–water partition coefficient (Wildman–Crippen LogP) is 2.09. The molecule has 0 saturated carbocycles. The second-order valence-electron chi connectivity index (χ2n) is 7.09. The van der Waals surface area contributed by atoms with Crippen LogP contribution in [0.2, 0.25) is 0 Å². The van der Waals surface area contributed by atoms with Crippen molar-refractivity contribution in [1.29, 1.82) is 5.26 Å². The molecule has 1 saturated heterocycles. The lowest BCUT2D eigenvalue weighted by Crippen LogP contribution is -2.46. The zero-order valence-electron chi connectivity index (χ0n) is 14.2. The molecule has 1 aliphatic rings. The Kier molecular flexibility index (Phi) is 4.39. The van der Waals surface area contributed by atoms with E-state index < -0.39 is 11.0 Å². The first-order valence-electron chi connectivity index (χ1n) is 8.25. The third-order valence-electron chi connectivity index (χ3n) is 4.81. The quantitative estimate of drug-likeness (QED) is 0.898. The molecule has 0 amide bonds. The van der Waals surface area contributed by atoms with Gasteiger partial charge in [0, 0.05) is 13.1 Å². The maximum Gasteiger partial charge on any atom is 0.123 e. The molecule has 1 aromatic heterocycles. The normalized spacial score (nSPS) is 22.2. The minimum Gasteiger partial charge on any atom is -0.382 e. The lowest BCUT2D eigenvalue weighted by molar-refractivity contribution is -0.0415. The van der Waals surface area contributed by atoms with Crippen LogP contribution in [0.1, 0.15) is 43.5 Å². The summed E-state index contributed by atoms with van der Waals surface area (Å²) in [5.74, 6) is 0. The highest BCUT2D eigenvalue weighted by atomic mass is 16.3. The largest absolute Gasteiger partial charge is 0.382 e. The molecule has 1 fully saturated rings. The van der Waals surface area contributed by atoms with Gasteiger partial charge in [-0.15, -0.1) is 0 Å². The van der Waals surface area contributed by atoms with Crippen molar-refractivity contribution in [2.45, 2.75) is 44.2 Å². The number of hydrogen-bond donors (Lipinski definition) is 2. The lowest BCUT2D eigenvalue weighted by atomic mass is 9.82. The molecule has 1 aromatic carbocycles. The highest BCUT2D eigenvalue weighted by Crippen LogP contribution is 2.32. The van der Waals surface area contributed by atoms with Crippen LogP contribution in [0.5, 0.6) is 0 Å². The second-order valence-corrected chi connectivity index (χ2v) is 7.09. The first-order valence-corrected chi connectivity index (χ1v) is 8.25. The summed E-state index contributed by atoms with van der Waals surface area (Å²) >= 11 is 0. The van der Waals surface area contributed by atoms with Gasteiger partial charge in [-0.3, -0.25) is 4.90 Å². The number of aromatic amines is 1. The molecule has 1 atom stereocenters. The van der Waals surface area contributed by atoms with Crippen LogP contribution >= 0.6 is 0 Å². The van der Waals surface area contributed by atoms with Gasteiger partial charge in [-0.05, 0) is 44.4 Å². The van der Waals surface area contributed by atoms with Gasteiger partial charge in [0.15, 0.2) is 0 Å². The number of rotatable bonds is 4. The average Bonchev–Trinajstić information content (AvgIpc) is 3.11. The van der Waals surface area contributed by atoms with Crippen molar-refractivity contribution < 1.29 is 5.11 Å². The van der Waals surface area contributed by atoms with E-state index in [4.69, 9.17) is 0 Å². The van der Waals surface area contributed by atoms with Crippen molar-refractivity contribution in [2.24, 2.45) is 0 Å². The molecule has 1 aliphatic heterocycles. The summed E-state index contributed by atoms with van der Waals surface area (Å²) in [7, 11) is 0. The highest BCUT2D eigenvalue weighted by Gasteiger charge is 2.37. The van der Waals surface area contributed by atoms with Gasteiger partial charge in [-0.1, -0.05) is 24.3 Å². The minimum atomic E-state index is -0.967. The van der Waals surface area contributed by atoms with E-state index in [0.717, 1.165) is 24.1 Å². The van der Waals surface area contributed by atoms with E-state index in [1.165, 1.54) is 0 Å². The van der Waals surface area contributed by atoms with E-state index in [2.05, 4.69) is 32.4 Å². The van der Waals surface area contributed by atoms with Crippen LogP contribution in [0.15, 0.2) is 30.5 Å². The molecule has 0 aliphatic carbocycles. The van der Waals surface area contributed by atoms with Crippen molar-refractivity contribution >= 4 is 0 Å². The summed E-state index contributed by atoms with van der Waals surface area (Å²) in [6, 6.07) is 10.4. The molecular weight excluding hydrogens is 302 g/mol. The van der Waals surface area contributed by atoms with Crippen LogP contribution in [0.3, 0.4) is 0 Å². The number of aliphatic hydroxyl groups is 1. The average molecular weight is 325 g/mol. The zero-order chi connectivity index (χ0) is 17.2. The maximum absolute atomic E-state index is 10.9. The van der Waals surface area contributed by atoms with Crippen LogP contribution in [-0.2, 0) is 17.6 Å². The van der Waals surface area contributed by atoms with Crippen molar-refractivity contribution in [3.8, 4) is 6.07 Å². The van der Waals surface area contributed by atoms with Gasteiger partial charge in [0.1, 0.15) is 11.3 Å². The summed E-state index contributed by atoms with van der Waals surface area (Å²) in [5, 5.41) is 30.9. The molecule has 24 heavy (non-hydrogen) atoms. The van der Waals surface area contributed by atoms with E-state index in [1.807, 2.05) is 32.0 Å². The zero-order valence-corrected chi connectivity index (χ0v) is 14.2. The summed E-state index contributed by atoms with van der Waals surface area (Å²) in [5.41, 5.74) is 1.27. The van der Waals surface area contributed by atoms with Crippen molar-refractivity contribution in [1.82, 2.24) is 20.3 Å². The summed E-state index contributed by atoms with van der Waals surface area (Å²) in [6.07, 6.45) is 3.17. The highest BCUT2D eigenvalue weighted by molar-refractivity contribution is 5.37. The fourth-order valence-electron chi connectivity index (χ4n) is 3.46. The number of nitriles is 1. The molecule has 0 radical (unpaired) electrons. The Labute approximate surface area is 142 Å². The van der Waals surface area contributed by atoms with E-state index in [-0.39, 0.29) is 0 Å². The first kappa shape index (κ1) is 16.6. The Morgan fingerprint density at radius 3 is 2.92 bits per heavy atom. The molecule has 126 valence electrons. The Morgan fingerprint density at radius 1 is 1.42 bits per heavy atom. The van der Waals surface area contributed by atoms with Gasteiger partial charge >= 0.3 is 0 Å². The Hall–Kier alpha value is -2.23. The lowest BCUT2D eigenvalue weighted by Gasteiger charge is -2.38. The molecule has 6 nitrogen and oxygen atoms in total. The van der Waals surface area contributed by atoms with Gasteiger partial charge in [0.05, 0.1) is 17.7 Å². The van der Waals surface area contributed by atoms with Gasteiger partial charge in [0.25, 0.3) is 0 Å². The fourth-order valence-corrected chi connectivity index (χ4v) is 3.46. The number of benzene rings is 1.